The van der Waals surface area contributed by atoms with Crippen LogP contribution in [0.1, 0.15) is 30.5 Å². The molecule has 0 saturated carbocycles. The van der Waals surface area contributed by atoms with Crippen molar-refractivity contribution in [2.75, 3.05) is 26.2 Å². The van der Waals surface area contributed by atoms with E-state index in [-0.39, 0.29) is 6.04 Å². The third-order valence-electron chi connectivity index (χ3n) is 4.59. The van der Waals surface area contributed by atoms with Crippen molar-refractivity contribution in [2.24, 2.45) is 0 Å². The Kier molecular flexibility index (Phi) is 5.72. The van der Waals surface area contributed by atoms with E-state index in [9.17, 15) is 5.11 Å². The lowest BCUT2D eigenvalue weighted by molar-refractivity contribution is 0.166. The fourth-order valence-electron chi connectivity index (χ4n) is 3.30. The first-order chi connectivity index (χ1) is 11.8. The van der Waals surface area contributed by atoms with Crippen molar-refractivity contribution in [1.29, 1.82) is 0 Å². The van der Waals surface area contributed by atoms with Gasteiger partial charge in [-0.2, -0.15) is 0 Å². The molecule has 0 bridgehead atoms. The van der Waals surface area contributed by atoms with Gasteiger partial charge in [-0.25, -0.2) is 0 Å². The average molecular weight is 326 g/mol. The van der Waals surface area contributed by atoms with Crippen LogP contribution in [-0.4, -0.2) is 36.2 Å². The molecule has 1 fully saturated rings. The number of rotatable bonds is 6. The highest BCUT2D eigenvalue weighted by Gasteiger charge is 2.23. The Balaban J connectivity index is 1.69. The fraction of sp³-hybridized carbons (Fsp3) is 0.400. The molecular weight excluding hydrogens is 300 g/mol. The lowest BCUT2D eigenvalue weighted by Crippen LogP contribution is -2.45. The molecule has 2 aromatic rings. The zero-order valence-corrected chi connectivity index (χ0v) is 14.2. The van der Waals surface area contributed by atoms with Crippen molar-refractivity contribution in [2.45, 2.75) is 26.0 Å². The van der Waals surface area contributed by atoms with Crippen LogP contribution in [0.2, 0.25) is 0 Å². The van der Waals surface area contributed by atoms with E-state index in [1.165, 1.54) is 0 Å². The van der Waals surface area contributed by atoms with Crippen molar-refractivity contribution in [3.63, 3.8) is 0 Å². The molecule has 4 nitrogen and oxygen atoms in total. The van der Waals surface area contributed by atoms with Crippen LogP contribution in [0.4, 0.5) is 0 Å². The number of phenols is 1. The number of hydrogen-bond donors (Lipinski definition) is 2. The van der Waals surface area contributed by atoms with Gasteiger partial charge < -0.3 is 15.2 Å². The fourth-order valence-corrected chi connectivity index (χ4v) is 3.30. The summed E-state index contributed by atoms with van der Waals surface area (Å²) in [7, 11) is 0. The summed E-state index contributed by atoms with van der Waals surface area (Å²) < 4.78 is 5.80. The molecule has 2 N–H and O–H groups in total. The standard InChI is InChI=1S/C20H26N2O2/c1-2-19(22-12-10-21-11-13-22)18-9-8-17(14-20(18)23)24-15-16-6-4-3-5-7-16/h3-9,14,19,21,23H,2,10-13,15H2,1H3/t19-/m1/s1. The Morgan fingerprint density at radius 2 is 1.88 bits per heavy atom. The lowest BCUT2D eigenvalue weighted by Gasteiger charge is -2.35. The molecule has 3 rings (SSSR count). The number of phenolic OH excluding ortho intramolecular Hbond substituents is 1. The maximum Gasteiger partial charge on any atom is 0.124 e. The second-order valence-corrected chi connectivity index (χ2v) is 6.20. The van der Waals surface area contributed by atoms with E-state index >= 15 is 0 Å². The number of aromatic hydroxyl groups is 1. The van der Waals surface area contributed by atoms with Crippen molar-refractivity contribution in [3.05, 3.63) is 59.7 Å². The Bertz CT molecular complexity index is 639. The SMILES string of the molecule is CC[C@H](c1ccc(OCc2ccccc2)cc1O)N1CCNCC1. The average Bonchev–Trinajstić information content (AvgIpc) is 2.64. The van der Waals surface area contributed by atoms with Gasteiger partial charge in [0.2, 0.25) is 0 Å². The number of benzene rings is 2. The predicted molar refractivity (Wildman–Crippen MR) is 96.4 cm³/mol. The number of piperazine rings is 1. The molecule has 0 radical (unpaired) electrons. The van der Waals surface area contributed by atoms with Crippen LogP contribution in [0.25, 0.3) is 0 Å². The summed E-state index contributed by atoms with van der Waals surface area (Å²) in [6.45, 7) is 6.74. The number of nitrogens with zero attached hydrogens (tertiary/aromatic N) is 1. The second kappa shape index (κ2) is 8.18. The zero-order chi connectivity index (χ0) is 16.8. The van der Waals surface area contributed by atoms with Crippen LogP contribution in [0, 0.1) is 0 Å². The molecule has 0 spiro atoms. The lowest BCUT2D eigenvalue weighted by atomic mass is 10.0. The van der Waals surface area contributed by atoms with Crippen molar-refractivity contribution < 1.29 is 9.84 Å². The van der Waals surface area contributed by atoms with Crippen LogP contribution in [0.3, 0.4) is 0 Å². The van der Waals surface area contributed by atoms with Crippen molar-refractivity contribution in [1.82, 2.24) is 10.2 Å². The summed E-state index contributed by atoms with van der Waals surface area (Å²) in [6, 6.07) is 16.0. The predicted octanol–water partition coefficient (Wildman–Crippen LogP) is 3.33. The topological polar surface area (TPSA) is 44.7 Å². The Morgan fingerprint density at radius 1 is 1.12 bits per heavy atom. The summed E-state index contributed by atoms with van der Waals surface area (Å²) in [5, 5.41) is 13.9. The van der Waals surface area contributed by atoms with Crippen LogP contribution >= 0.6 is 0 Å². The molecule has 1 atom stereocenters. The largest absolute Gasteiger partial charge is 0.507 e. The van der Waals surface area contributed by atoms with Gasteiger partial charge in [0.25, 0.3) is 0 Å². The van der Waals surface area contributed by atoms with Gasteiger partial charge in [0.1, 0.15) is 18.1 Å². The third kappa shape index (κ3) is 4.08. The highest BCUT2D eigenvalue weighted by molar-refractivity contribution is 5.41. The molecule has 1 saturated heterocycles. The Hall–Kier alpha value is -2.04. The minimum absolute atomic E-state index is 0.260. The molecule has 1 aliphatic rings. The molecule has 1 heterocycles. The van der Waals surface area contributed by atoms with Gasteiger partial charge in [-0.1, -0.05) is 43.3 Å². The van der Waals surface area contributed by atoms with Crippen LogP contribution in [0.15, 0.2) is 48.5 Å². The summed E-state index contributed by atoms with van der Waals surface area (Å²) >= 11 is 0. The quantitative estimate of drug-likeness (QED) is 0.855. The van der Waals surface area contributed by atoms with E-state index in [0.717, 1.165) is 43.7 Å². The Morgan fingerprint density at radius 3 is 2.54 bits per heavy atom. The zero-order valence-electron chi connectivity index (χ0n) is 14.2. The van der Waals surface area contributed by atoms with Gasteiger partial charge in [0.15, 0.2) is 0 Å². The van der Waals surface area contributed by atoms with E-state index in [4.69, 9.17) is 4.74 Å². The van der Waals surface area contributed by atoms with Crippen LogP contribution in [0.5, 0.6) is 11.5 Å². The second-order valence-electron chi connectivity index (χ2n) is 6.20. The smallest absolute Gasteiger partial charge is 0.124 e. The van der Waals surface area contributed by atoms with Gasteiger partial charge in [-0.15, -0.1) is 0 Å². The monoisotopic (exact) mass is 326 g/mol. The van der Waals surface area contributed by atoms with Gasteiger partial charge in [0, 0.05) is 43.9 Å². The maximum atomic E-state index is 10.5. The number of ether oxygens (including phenoxy) is 1. The van der Waals surface area contributed by atoms with Gasteiger partial charge in [0.05, 0.1) is 0 Å². The molecule has 2 aromatic carbocycles. The van der Waals surface area contributed by atoms with E-state index in [2.05, 4.69) is 17.1 Å². The normalized spacial score (nSPS) is 16.7. The maximum absolute atomic E-state index is 10.5. The molecule has 24 heavy (non-hydrogen) atoms. The minimum atomic E-state index is 0.260. The van der Waals surface area contributed by atoms with E-state index < -0.39 is 0 Å². The highest BCUT2D eigenvalue weighted by atomic mass is 16.5. The number of nitrogens with one attached hydrogen (secondary N) is 1. The first kappa shape index (κ1) is 16.8. The summed E-state index contributed by atoms with van der Waals surface area (Å²) in [4.78, 5) is 2.44. The molecule has 4 heteroatoms. The van der Waals surface area contributed by atoms with E-state index in [1.54, 1.807) is 6.07 Å². The van der Waals surface area contributed by atoms with Gasteiger partial charge in [-0.05, 0) is 18.1 Å². The molecule has 0 amide bonds. The van der Waals surface area contributed by atoms with E-state index in [0.29, 0.717) is 18.1 Å². The summed E-state index contributed by atoms with van der Waals surface area (Å²) in [5.41, 5.74) is 2.11. The molecule has 0 aromatic heterocycles. The molecular formula is C20H26N2O2. The van der Waals surface area contributed by atoms with Crippen molar-refractivity contribution >= 4 is 0 Å². The highest BCUT2D eigenvalue weighted by Crippen LogP contribution is 2.34. The van der Waals surface area contributed by atoms with Crippen LogP contribution in [-0.2, 0) is 6.61 Å². The van der Waals surface area contributed by atoms with E-state index in [1.807, 2.05) is 42.5 Å². The molecule has 1 aliphatic heterocycles. The first-order valence-electron chi connectivity index (χ1n) is 8.72. The third-order valence-corrected chi connectivity index (χ3v) is 4.59. The van der Waals surface area contributed by atoms with Gasteiger partial charge >= 0.3 is 0 Å². The molecule has 128 valence electrons. The minimum Gasteiger partial charge on any atom is -0.507 e. The molecule has 0 aliphatic carbocycles. The Labute approximate surface area is 144 Å². The van der Waals surface area contributed by atoms with Crippen molar-refractivity contribution in [3.8, 4) is 11.5 Å². The summed E-state index contributed by atoms with van der Waals surface area (Å²) in [5.74, 6) is 1.03. The summed E-state index contributed by atoms with van der Waals surface area (Å²) in [6.07, 6.45) is 0.984. The van der Waals surface area contributed by atoms with Gasteiger partial charge in [-0.3, -0.25) is 4.90 Å². The van der Waals surface area contributed by atoms with Crippen LogP contribution < -0.4 is 10.1 Å². The first-order valence-corrected chi connectivity index (χ1v) is 8.72. The number of hydrogen-bond acceptors (Lipinski definition) is 4. The molecule has 0 unspecified atom stereocenters.